The number of halogens is 1. The third-order valence-corrected chi connectivity index (χ3v) is 3.45. The summed E-state index contributed by atoms with van der Waals surface area (Å²) in [7, 11) is 0. The molecule has 1 aromatic rings. The second-order valence-electron chi connectivity index (χ2n) is 4.81. The van der Waals surface area contributed by atoms with Crippen LogP contribution in [-0.2, 0) is 4.74 Å². The summed E-state index contributed by atoms with van der Waals surface area (Å²) < 4.78 is 19.2. The van der Waals surface area contributed by atoms with E-state index in [4.69, 9.17) is 4.74 Å². The first kappa shape index (κ1) is 12.5. The van der Waals surface area contributed by atoms with Gasteiger partial charge in [0.2, 0.25) is 0 Å². The Balaban J connectivity index is 2.28. The number of hydrogen-bond acceptors (Lipinski definition) is 2. The Kier molecular flexibility index (Phi) is 3.79. The molecular formula is C14H20FNO. The maximum Gasteiger partial charge on any atom is 0.123 e. The van der Waals surface area contributed by atoms with Crippen LogP contribution in [-0.4, -0.2) is 18.8 Å². The van der Waals surface area contributed by atoms with Gasteiger partial charge in [-0.25, -0.2) is 4.39 Å². The van der Waals surface area contributed by atoms with Crippen LogP contribution in [0.4, 0.5) is 4.39 Å². The molecule has 3 heteroatoms. The lowest BCUT2D eigenvalue weighted by Gasteiger charge is -2.34. The Morgan fingerprint density at radius 3 is 2.94 bits per heavy atom. The van der Waals surface area contributed by atoms with Crippen molar-refractivity contribution in [3.05, 3.63) is 35.6 Å². The van der Waals surface area contributed by atoms with Crippen molar-refractivity contribution >= 4 is 0 Å². The molecule has 2 atom stereocenters. The summed E-state index contributed by atoms with van der Waals surface area (Å²) in [6.07, 6.45) is 2.09. The second-order valence-corrected chi connectivity index (χ2v) is 4.81. The molecule has 1 N–H and O–H groups in total. The average molecular weight is 237 g/mol. The van der Waals surface area contributed by atoms with Gasteiger partial charge in [0.05, 0.1) is 11.6 Å². The highest BCUT2D eigenvalue weighted by Crippen LogP contribution is 2.37. The molecule has 0 radical (unpaired) electrons. The van der Waals surface area contributed by atoms with E-state index in [-0.39, 0.29) is 17.5 Å². The number of hydrogen-bond donors (Lipinski definition) is 1. The smallest absolute Gasteiger partial charge is 0.123 e. The Morgan fingerprint density at radius 1 is 1.53 bits per heavy atom. The van der Waals surface area contributed by atoms with Gasteiger partial charge in [0.25, 0.3) is 0 Å². The van der Waals surface area contributed by atoms with E-state index in [1.54, 1.807) is 12.1 Å². The molecule has 1 aliphatic heterocycles. The van der Waals surface area contributed by atoms with Crippen molar-refractivity contribution in [2.24, 2.45) is 0 Å². The van der Waals surface area contributed by atoms with Crippen LogP contribution in [0.15, 0.2) is 24.3 Å². The first-order valence-corrected chi connectivity index (χ1v) is 6.28. The van der Waals surface area contributed by atoms with E-state index in [2.05, 4.69) is 19.2 Å². The summed E-state index contributed by atoms with van der Waals surface area (Å²) in [6.45, 7) is 5.82. The summed E-state index contributed by atoms with van der Waals surface area (Å²) in [4.78, 5) is 0. The molecule has 17 heavy (non-hydrogen) atoms. The molecule has 2 rings (SSSR count). The fourth-order valence-electron chi connectivity index (χ4n) is 2.60. The van der Waals surface area contributed by atoms with Gasteiger partial charge in [0, 0.05) is 6.61 Å². The van der Waals surface area contributed by atoms with Crippen molar-refractivity contribution in [2.75, 3.05) is 13.2 Å². The van der Waals surface area contributed by atoms with Crippen LogP contribution in [0.2, 0.25) is 0 Å². The third-order valence-electron chi connectivity index (χ3n) is 3.45. The SMILES string of the molecule is CCNC(c1cccc(F)c1)C1(C)CCCO1. The number of likely N-dealkylation sites (N-methyl/N-ethyl adjacent to an activating group) is 1. The van der Waals surface area contributed by atoms with Gasteiger partial charge in [-0.15, -0.1) is 0 Å². The van der Waals surface area contributed by atoms with E-state index >= 15 is 0 Å². The zero-order valence-electron chi connectivity index (χ0n) is 10.5. The lowest BCUT2D eigenvalue weighted by Crippen LogP contribution is -2.41. The largest absolute Gasteiger partial charge is 0.373 e. The van der Waals surface area contributed by atoms with Crippen LogP contribution in [0.25, 0.3) is 0 Å². The van der Waals surface area contributed by atoms with Crippen molar-refractivity contribution in [3.63, 3.8) is 0 Å². The number of ether oxygens (including phenoxy) is 1. The highest BCUT2D eigenvalue weighted by molar-refractivity contribution is 5.23. The first-order chi connectivity index (χ1) is 8.15. The zero-order chi connectivity index (χ0) is 12.3. The minimum absolute atomic E-state index is 0.0608. The van der Waals surface area contributed by atoms with Gasteiger partial charge in [-0.05, 0) is 44.0 Å². The molecule has 1 heterocycles. The summed E-state index contributed by atoms with van der Waals surface area (Å²) in [6, 6.07) is 6.85. The average Bonchev–Trinajstić information content (AvgIpc) is 2.74. The van der Waals surface area contributed by atoms with E-state index in [1.807, 2.05) is 6.07 Å². The Labute approximate surface area is 102 Å². The molecule has 0 spiro atoms. The number of rotatable bonds is 4. The Morgan fingerprint density at radius 2 is 2.35 bits per heavy atom. The van der Waals surface area contributed by atoms with Crippen molar-refractivity contribution in [2.45, 2.75) is 38.3 Å². The van der Waals surface area contributed by atoms with Gasteiger partial charge < -0.3 is 10.1 Å². The standard InChI is InChI=1S/C14H20FNO/c1-3-16-13(14(2)8-5-9-17-14)11-6-4-7-12(15)10-11/h4,6-7,10,13,16H,3,5,8-9H2,1-2H3. The van der Waals surface area contributed by atoms with Gasteiger partial charge in [0.1, 0.15) is 5.82 Å². The molecule has 0 bridgehead atoms. The monoisotopic (exact) mass is 237 g/mol. The predicted molar refractivity (Wildman–Crippen MR) is 66.4 cm³/mol. The quantitative estimate of drug-likeness (QED) is 0.869. The minimum atomic E-state index is -0.218. The highest BCUT2D eigenvalue weighted by atomic mass is 19.1. The summed E-state index contributed by atoms with van der Waals surface area (Å²) >= 11 is 0. The Hall–Kier alpha value is -0.930. The molecule has 0 saturated carbocycles. The van der Waals surface area contributed by atoms with E-state index < -0.39 is 0 Å². The molecule has 94 valence electrons. The molecule has 1 fully saturated rings. The van der Waals surface area contributed by atoms with Gasteiger partial charge in [0.15, 0.2) is 0 Å². The van der Waals surface area contributed by atoms with E-state index in [9.17, 15) is 4.39 Å². The molecule has 1 aliphatic rings. The molecule has 1 aromatic carbocycles. The van der Waals surface area contributed by atoms with Crippen LogP contribution in [0, 0.1) is 5.82 Å². The van der Waals surface area contributed by atoms with Crippen LogP contribution in [0.1, 0.15) is 38.3 Å². The van der Waals surface area contributed by atoms with Crippen molar-refractivity contribution in [1.29, 1.82) is 0 Å². The van der Waals surface area contributed by atoms with E-state index in [0.29, 0.717) is 0 Å². The maximum absolute atomic E-state index is 13.3. The second kappa shape index (κ2) is 5.15. The predicted octanol–water partition coefficient (Wildman–Crippen LogP) is 3.05. The number of benzene rings is 1. The van der Waals surface area contributed by atoms with Gasteiger partial charge in [-0.2, -0.15) is 0 Å². The van der Waals surface area contributed by atoms with Crippen LogP contribution < -0.4 is 5.32 Å². The molecular weight excluding hydrogens is 217 g/mol. The van der Waals surface area contributed by atoms with Crippen molar-refractivity contribution in [3.8, 4) is 0 Å². The Bertz CT molecular complexity index is 374. The summed E-state index contributed by atoms with van der Waals surface area (Å²) in [5, 5.41) is 3.42. The number of nitrogens with one attached hydrogen (secondary N) is 1. The lowest BCUT2D eigenvalue weighted by molar-refractivity contribution is -0.0121. The van der Waals surface area contributed by atoms with E-state index in [0.717, 1.165) is 31.6 Å². The fraction of sp³-hybridized carbons (Fsp3) is 0.571. The maximum atomic E-state index is 13.3. The summed E-state index contributed by atoms with van der Waals surface area (Å²) in [5.74, 6) is -0.188. The molecule has 0 aliphatic carbocycles. The lowest BCUT2D eigenvalue weighted by atomic mass is 9.87. The third kappa shape index (κ3) is 2.67. The topological polar surface area (TPSA) is 21.3 Å². The molecule has 0 aromatic heterocycles. The normalized spacial score (nSPS) is 26.1. The van der Waals surface area contributed by atoms with Gasteiger partial charge in [-0.3, -0.25) is 0 Å². The van der Waals surface area contributed by atoms with Crippen molar-refractivity contribution in [1.82, 2.24) is 5.32 Å². The molecule has 2 unspecified atom stereocenters. The van der Waals surface area contributed by atoms with Crippen LogP contribution in [0.3, 0.4) is 0 Å². The molecule has 0 amide bonds. The molecule has 2 nitrogen and oxygen atoms in total. The first-order valence-electron chi connectivity index (χ1n) is 6.28. The van der Waals surface area contributed by atoms with Crippen LogP contribution in [0.5, 0.6) is 0 Å². The summed E-state index contributed by atoms with van der Waals surface area (Å²) in [5.41, 5.74) is 0.750. The van der Waals surface area contributed by atoms with Crippen LogP contribution >= 0.6 is 0 Å². The minimum Gasteiger partial charge on any atom is -0.373 e. The van der Waals surface area contributed by atoms with Gasteiger partial charge >= 0.3 is 0 Å². The van der Waals surface area contributed by atoms with Crippen molar-refractivity contribution < 1.29 is 9.13 Å². The van der Waals surface area contributed by atoms with Gasteiger partial charge in [-0.1, -0.05) is 19.1 Å². The highest BCUT2D eigenvalue weighted by Gasteiger charge is 2.38. The zero-order valence-corrected chi connectivity index (χ0v) is 10.5. The van der Waals surface area contributed by atoms with E-state index in [1.165, 1.54) is 6.07 Å². The fourth-order valence-corrected chi connectivity index (χ4v) is 2.60. The molecule has 1 saturated heterocycles.